The fourth-order valence-electron chi connectivity index (χ4n) is 3.79. The fourth-order valence-corrected chi connectivity index (χ4v) is 5.19. The number of hydrogen-bond acceptors (Lipinski definition) is 3. The van der Waals surface area contributed by atoms with Crippen molar-refractivity contribution in [1.82, 2.24) is 9.21 Å². The number of sulfonamides is 1. The lowest BCUT2D eigenvalue weighted by Gasteiger charge is -2.42. The molecule has 5 nitrogen and oxygen atoms in total. The van der Waals surface area contributed by atoms with Crippen LogP contribution in [-0.4, -0.2) is 55.0 Å². The van der Waals surface area contributed by atoms with Gasteiger partial charge < -0.3 is 4.90 Å². The van der Waals surface area contributed by atoms with Crippen LogP contribution >= 0.6 is 0 Å². The third kappa shape index (κ3) is 2.77. The molecule has 120 valence electrons. The lowest BCUT2D eigenvalue weighted by molar-refractivity contribution is 0.0741. The number of carbonyl (C=O) groups excluding carboxylic acids is 1. The van der Waals surface area contributed by atoms with Crippen molar-refractivity contribution >= 4 is 15.9 Å². The summed E-state index contributed by atoms with van der Waals surface area (Å²) in [7, 11) is -3.24. The van der Waals surface area contributed by atoms with Gasteiger partial charge in [-0.05, 0) is 31.4 Å². The molecule has 6 heteroatoms. The molecular formula is C16H22N2O3S. The molecule has 1 amide bonds. The smallest absolute Gasteiger partial charge is 0.253 e. The lowest BCUT2D eigenvalue weighted by Crippen LogP contribution is -2.55. The minimum absolute atomic E-state index is 0.00324. The zero-order valence-corrected chi connectivity index (χ0v) is 13.7. The number of hydrogen-bond donors (Lipinski definition) is 0. The van der Waals surface area contributed by atoms with Gasteiger partial charge >= 0.3 is 0 Å². The maximum Gasteiger partial charge on any atom is 0.253 e. The van der Waals surface area contributed by atoms with Gasteiger partial charge in [0.15, 0.2) is 0 Å². The Balaban J connectivity index is 1.82. The predicted molar refractivity (Wildman–Crippen MR) is 85.1 cm³/mol. The van der Waals surface area contributed by atoms with Gasteiger partial charge in [-0.2, -0.15) is 4.31 Å². The van der Waals surface area contributed by atoms with Crippen LogP contribution in [0.25, 0.3) is 0 Å². The normalized spacial score (nSPS) is 26.5. The molecule has 1 aromatic carbocycles. The second-order valence-electron chi connectivity index (χ2n) is 6.36. The molecule has 2 aliphatic rings. The van der Waals surface area contributed by atoms with Crippen molar-refractivity contribution in [3.05, 3.63) is 35.9 Å². The van der Waals surface area contributed by atoms with Crippen LogP contribution < -0.4 is 0 Å². The molecule has 2 saturated heterocycles. The molecule has 2 aliphatic heterocycles. The fraction of sp³-hybridized carbons (Fsp3) is 0.562. The number of benzene rings is 1. The van der Waals surface area contributed by atoms with Gasteiger partial charge in [-0.15, -0.1) is 0 Å². The topological polar surface area (TPSA) is 57.7 Å². The van der Waals surface area contributed by atoms with Crippen LogP contribution in [-0.2, 0) is 10.0 Å². The van der Waals surface area contributed by atoms with Crippen LogP contribution in [0.1, 0.15) is 36.0 Å². The van der Waals surface area contributed by atoms with E-state index in [4.69, 9.17) is 0 Å². The number of piperidine rings is 1. The highest BCUT2D eigenvalue weighted by Crippen LogP contribution is 2.38. The first-order valence-electron chi connectivity index (χ1n) is 7.75. The van der Waals surface area contributed by atoms with Crippen molar-refractivity contribution in [3.63, 3.8) is 0 Å². The molecule has 22 heavy (non-hydrogen) atoms. The van der Waals surface area contributed by atoms with Crippen molar-refractivity contribution in [2.45, 2.75) is 31.2 Å². The Kier molecular flexibility index (Phi) is 3.99. The number of amides is 1. The van der Waals surface area contributed by atoms with E-state index in [1.54, 1.807) is 9.21 Å². The van der Waals surface area contributed by atoms with Crippen LogP contribution in [0.4, 0.5) is 0 Å². The SMILES string of the molecule is CS(=O)(=O)N1CCCC[C@@]12CCN(C(=O)c1ccccc1)C2. The first-order valence-corrected chi connectivity index (χ1v) is 9.59. The van der Waals surface area contributed by atoms with Crippen LogP contribution in [0.2, 0.25) is 0 Å². The summed E-state index contributed by atoms with van der Waals surface area (Å²) in [4.78, 5) is 14.4. The summed E-state index contributed by atoms with van der Waals surface area (Å²) in [6.07, 6.45) is 4.79. The molecule has 2 heterocycles. The van der Waals surface area contributed by atoms with Gasteiger partial charge in [-0.25, -0.2) is 8.42 Å². The number of carbonyl (C=O) groups is 1. The molecule has 3 rings (SSSR count). The van der Waals surface area contributed by atoms with E-state index in [0.29, 0.717) is 25.2 Å². The van der Waals surface area contributed by atoms with E-state index in [1.165, 1.54) is 6.26 Å². The molecule has 0 aromatic heterocycles. The minimum atomic E-state index is -3.24. The van der Waals surface area contributed by atoms with E-state index in [-0.39, 0.29) is 5.91 Å². The lowest BCUT2D eigenvalue weighted by atomic mass is 9.88. The van der Waals surface area contributed by atoms with Gasteiger partial charge in [0.25, 0.3) is 5.91 Å². The molecule has 0 bridgehead atoms. The van der Waals surface area contributed by atoms with E-state index in [2.05, 4.69) is 0 Å². The quantitative estimate of drug-likeness (QED) is 0.833. The molecule has 0 aliphatic carbocycles. The van der Waals surface area contributed by atoms with E-state index in [1.807, 2.05) is 30.3 Å². The Morgan fingerprint density at radius 1 is 1.09 bits per heavy atom. The highest BCUT2D eigenvalue weighted by atomic mass is 32.2. The Morgan fingerprint density at radius 3 is 2.50 bits per heavy atom. The monoisotopic (exact) mass is 322 g/mol. The molecule has 1 spiro atoms. The average Bonchev–Trinajstić information content (AvgIpc) is 2.91. The van der Waals surface area contributed by atoms with Crippen LogP contribution in [0.5, 0.6) is 0 Å². The summed E-state index contributed by atoms with van der Waals surface area (Å²) in [6, 6.07) is 9.20. The predicted octanol–water partition coefficient (Wildman–Crippen LogP) is 1.72. The molecule has 2 fully saturated rings. The summed E-state index contributed by atoms with van der Waals surface area (Å²) < 4.78 is 25.9. The Bertz CT molecular complexity index is 659. The van der Waals surface area contributed by atoms with E-state index in [0.717, 1.165) is 25.7 Å². The number of rotatable bonds is 2. The summed E-state index contributed by atoms with van der Waals surface area (Å²) >= 11 is 0. The molecule has 0 saturated carbocycles. The van der Waals surface area contributed by atoms with Crippen molar-refractivity contribution in [3.8, 4) is 0 Å². The highest BCUT2D eigenvalue weighted by molar-refractivity contribution is 7.88. The highest BCUT2D eigenvalue weighted by Gasteiger charge is 2.49. The van der Waals surface area contributed by atoms with Gasteiger partial charge in [-0.1, -0.05) is 24.6 Å². The Labute approximate surface area is 132 Å². The first kappa shape index (κ1) is 15.5. The largest absolute Gasteiger partial charge is 0.337 e. The third-order valence-corrected chi connectivity index (χ3v) is 6.19. The van der Waals surface area contributed by atoms with Crippen LogP contribution in [0.3, 0.4) is 0 Å². The maximum atomic E-state index is 12.6. The van der Waals surface area contributed by atoms with Crippen LogP contribution in [0.15, 0.2) is 30.3 Å². The molecular weight excluding hydrogens is 300 g/mol. The molecule has 1 aromatic rings. The first-order chi connectivity index (χ1) is 10.4. The van der Waals surface area contributed by atoms with Gasteiger partial charge in [0.2, 0.25) is 10.0 Å². The summed E-state index contributed by atoms with van der Waals surface area (Å²) in [5.74, 6) is -0.00324. The van der Waals surface area contributed by atoms with Gasteiger partial charge in [-0.3, -0.25) is 4.79 Å². The van der Waals surface area contributed by atoms with Crippen molar-refractivity contribution in [2.24, 2.45) is 0 Å². The zero-order valence-electron chi connectivity index (χ0n) is 12.9. The van der Waals surface area contributed by atoms with Gasteiger partial charge in [0.1, 0.15) is 0 Å². The van der Waals surface area contributed by atoms with Crippen LogP contribution in [0, 0.1) is 0 Å². The summed E-state index contributed by atoms with van der Waals surface area (Å²) in [5.41, 5.74) is 0.275. The van der Waals surface area contributed by atoms with Crippen molar-refractivity contribution in [1.29, 1.82) is 0 Å². The molecule has 0 radical (unpaired) electrons. The number of nitrogens with zero attached hydrogens (tertiary/aromatic N) is 2. The third-order valence-electron chi connectivity index (χ3n) is 4.82. The van der Waals surface area contributed by atoms with E-state index >= 15 is 0 Å². The average molecular weight is 322 g/mol. The van der Waals surface area contributed by atoms with Gasteiger partial charge in [0.05, 0.1) is 11.8 Å². The minimum Gasteiger partial charge on any atom is -0.337 e. The zero-order chi connectivity index (χ0) is 15.8. The second kappa shape index (κ2) is 5.66. The molecule has 0 N–H and O–H groups in total. The van der Waals surface area contributed by atoms with E-state index in [9.17, 15) is 13.2 Å². The van der Waals surface area contributed by atoms with Gasteiger partial charge in [0, 0.05) is 25.2 Å². The Morgan fingerprint density at radius 2 is 1.82 bits per heavy atom. The molecule has 1 atom stereocenters. The van der Waals surface area contributed by atoms with E-state index < -0.39 is 15.6 Å². The standard InChI is InChI=1S/C16H22N2O3S/c1-22(20,21)18-11-6-5-9-16(18)10-12-17(13-16)15(19)14-7-3-2-4-8-14/h2-4,7-8H,5-6,9-13H2,1H3/t16-/m0/s1. The maximum absolute atomic E-state index is 12.6. The second-order valence-corrected chi connectivity index (χ2v) is 8.27. The van der Waals surface area contributed by atoms with Crippen molar-refractivity contribution < 1.29 is 13.2 Å². The Hall–Kier alpha value is -1.40. The summed E-state index contributed by atoms with van der Waals surface area (Å²) in [6.45, 7) is 1.71. The van der Waals surface area contributed by atoms with Crippen molar-refractivity contribution in [2.75, 3.05) is 25.9 Å². The summed E-state index contributed by atoms with van der Waals surface area (Å²) in [5, 5.41) is 0. The molecule has 0 unspecified atom stereocenters. The number of likely N-dealkylation sites (tertiary alicyclic amines) is 1.